The van der Waals surface area contributed by atoms with Gasteiger partial charge in [0.05, 0.1) is 5.60 Å². The van der Waals surface area contributed by atoms with Gasteiger partial charge in [0.25, 0.3) is 0 Å². The first-order valence-corrected chi connectivity index (χ1v) is 6.46. The molecule has 0 saturated heterocycles. The van der Waals surface area contributed by atoms with Gasteiger partial charge in [0, 0.05) is 19.1 Å². The monoisotopic (exact) mass is 242 g/mol. The first-order chi connectivity index (χ1) is 7.81. The zero-order valence-corrected chi connectivity index (χ0v) is 11.5. The van der Waals surface area contributed by atoms with Crippen LogP contribution in [0, 0.1) is 0 Å². The summed E-state index contributed by atoms with van der Waals surface area (Å²) in [6.07, 6.45) is 4.37. The molecule has 17 heavy (non-hydrogen) atoms. The van der Waals surface area contributed by atoms with Gasteiger partial charge in [0.15, 0.2) is 0 Å². The first kappa shape index (κ1) is 14.5. The fourth-order valence-corrected chi connectivity index (χ4v) is 2.19. The van der Waals surface area contributed by atoms with Crippen LogP contribution in [0.2, 0.25) is 0 Å². The van der Waals surface area contributed by atoms with Crippen LogP contribution in [-0.2, 0) is 9.53 Å². The van der Waals surface area contributed by atoms with Crippen LogP contribution in [0.25, 0.3) is 0 Å². The van der Waals surface area contributed by atoms with Gasteiger partial charge in [0.1, 0.15) is 6.61 Å². The van der Waals surface area contributed by atoms with Gasteiger partial charge in [0.2, 0.25) is 5.91 Å². The normalized spacial score (nSPS) is 25.7. The van der Waals surface area contributed by atoms with Crippen molar-refractivity contribution in [3.8, 4) is 0 Å². The molecule has 0 spiro atoms. The Kier molecular flexibility index (Phi) is 4.95. The van der Waals surface area contributed by atoms with Crippen molar-refractivity contribution in [2.75, 3.05) is 13.7 Å². The van der Waals surface area contributed by atoms with Crippen LogP contribution in [0.3, 0.4) is 0 Å². The summed E-state index contributed by atoms with van der Waals surface area (Å²) in [5.74, 6) is 0.0299. The van der Waals surface area contributed by atoms with E-state index < -0.39 is 0 Å². The van der Waals surface area contributed by atoms with E-state index in [0.29, 0.717) is 0 Å². The number of ether oxygens (including phenoxy) is 1. The highest BCUT2D eigenvalue weighted by Crippen LogP contribution is 2.21. The van der Waals surface area contributed by atoms with Crippen LogP contribution in [0.4, 0.5) is 0 Å². The molecule has 2 atom stereocenters. The molecule has 1 amide bonds. The number of rotatable bonds is 3. The maximum atomic E-state index is 12.0. The van der Waals surface area contributed by atoms with Gasteiger partial charge < -0.3 is 15.4 Å². The number of likely N-dealkylation sites (N-methyl/N-ethyl adjacent to an activating group) is 1. The molecule has 0 aliphatic heterocycles. The summed E-state index contributed by atoms with van der Waals surface area (Å²) in [6, 6.07) is 0.298. The molecule has 0 aromatic heterocycles. The summed E-state index contributed by atoms with van der Waals surface area (Å²) in [7, 11) is 1.84. The van der Waals surface area contributed by atoms with Crippen LogP contribution in [0.15, 0.2) is 0 Å². The Balaban J connectivity index is 2.45. The first-order valence-electron chi connectivity index (χ1n) is 6.46. The smallest absolute Gasteiger partial charge is 0.248 e. The molecule has 2 N–H and O–H groups in total. The van der Waals surface area contributed by atoms with E-state index in [2.05, 4.69) is 0 Å². The van der Waals surface area contributed by atoms with Gasteiger partial charge in [-0.1, -0.05) is 12.8 Å². The van der Waals surface area contributed by atoms with Gasteiger partial charge in [-0.05, 0) is 33.6 Å². The number of hydrogen-bond donors (Lipinski definition) is 1. The quantitative estimate of drug-likeness (QED) is 0.816. The third-order valence-electron chi connectivity index (χ3n) is 3.30. The zero-order chi connectivity index (χ0) is 13.1. The summed E-state index contributed by atoms with van der Waals surface area (Å²) in [5, 5.41) is 0. The van der Waals surface area contributed by atoms with Crippen molar-refractivity contribution in [2.24, 2.45) is 5.73 Å². The molecule has 0 aromatic rings. The maximum absolute atomic E-state index is 12.0. The number of amides is 1. The summed E-state index contributed by atoms with van der Waals surface area (Å²) < 4.78 is 5.51. The highest BCUT2D eigenvalue weighted by atomic mass is 16.5. The maximum Gasteiger partial charge on any atom is 0.248 e. The summed E-state index contributed by atoms with van der Waals surface area (Å²) >= 11 is 0. The number of nitrogens with two attached hydrogens (primary N) is 1. The molecular formula is C13H26N2O2. The van der Waals surface area contributed by atoms with Gasteiger partial charge in [-0.3, -0.25) is 4.79 Å². The minimum absolute atomic E-state index is 0.0299. The lowest BCUT2D eigenvalue weighted by Gasteiger charge is -2.36. The number of nitrogens with zero attached hydrogens (tertiary/aromatic N) is 1. The van der Waals surface area contributed by atoms with E-state index in [4.69, 9.17) is 10.5 Å². The van der Waals surface area contributed by atoms with Crippen LogP contribution >= 0.6 is 0 Å². The third kappa shape index (κ3) is 4.64. The van der Waals surface area contributed by atoms with Crippen LogP contribution in [0.5, 0.6) is 0 Å². The Morgan fingerprint density at radius 2 is 1.94 bits per heavy atom. The molecule has 1 saturated carbocycles. The van der Waals surface area contributed by atoms with Crippen molar-refractivity contribution >= 4 is 5.91 Å². The Hall–Kier alpha value is -0.610. The molecule has 4 heteroatoms. The molecule has 1 aliphatic carbocycles. The summed E-state index contributed by atoms with van der Waals surface area (Å²) in [5.41, 5.74) is 5.79. The molecule has 0 radical (unpaired) electrons. The van der Waals surface area contributed by atoms with Gasteiger partial charge in [-0.2, -0.15) is 0 Å². The second-order valence-electron chi connectivity index (χ2n) is 5.92. The van der Waals surface area contributed by atoms with Crippen molar-refractivity contribution in [1.29, 1.82) is 0 Å². The fraction of sp³-hybridized carbons (Fsp3) is 0.923. The Morgan fingerprint density at radius 3 is 2.47 bits per heavy atom. The van der Waals surface area contributed by atoms with Crippen LogP contribution in [-0.4, -0.2) is 42.1 Å². The molecule has 0 aromatic carbocycles. The molecule has 1 fully saturated rings. The summed E-state index contributed by atoms with van der Waals surface area (Å²) in [4.78, 5) is 13.8. The largest absolute Gasteiger partial charge is 0.366 e. The van der Waals surface area contributed by atoms with Crippen molar-refractivity contribution in [1.82, 2.24) is 4.90 Å². The van der Waals surface area contributed by atoms with Crippen molar-refractivity contribution in [2.45, 2.75) is 64.1 Å². The van der Waals surface area contributed by atoms with E-state index in [1.165, 1.54) is 6.42 Å². The topological polar surface area (TPSA) is 55.6 Å². The van der Waals surface area contributed by atoms with E-state index in [9.17, 15) is 4.79 Å². The minimum Gasteiger partial charge on any atom is -0.366 e. The fourth-order valence-electron chi connectivity index (χ4n) is 2.19. The number of carbonyl (C=O) groups excluding carboxylic acids is 1. The molecule has 0 bridgehead atoms. The number of hydrogen-bond acceptors (Lipinski definition) is 3. The zero-order valence-electron chi connectivity index (χ0n) is 11.5. The standard InChI is InChI=1S/C13H26N2O2/c1-13(2,3)17-9-12(16)15(4)11-8-6-5-7-10(11)14/h10-11H,5-9,14H2,1-4H3. The Labute approximate surface area is 104 Å². The van der Waals surface area contributed by atoms with E-state index >= 15 is 0 Å². The van der Waals surface area contributed by atoms with E-state index in [1.54, 1.807) is 4.90 Å². The van der Waals surface area contributed by atoms with Crippen LogP contribution in [0.1, 0.15) is 46.5 Å². The summed E-state index contributed by atoms with van der Waals surface area (Å²) in [6.45, 7) is 6.00. The van der Waals surface area contributed by atoms with Gasteiger partial charge in [-0.25, -0.2) is 0 Å². The van der Waals surface area contributed by atoms with Crippen molar-refractivity contribution < 1.29 is 9.53 Å². The Morgan fingerprint density at radius 1 is 1.35 bits per heavy atom. The highest BCUT2D eigenvalue weighted by Gasteiger charge is 2.28. The van der Waals surface area contributed by atoms with Crippen molar-refractivity contribution in [3.63, 3.8) is 0 Å². The Bertz CT molecular complexity index is 261. The average Bonchev–Trinajstić information content (AvgIpc) is 2.24. The molecule has 0 heterocycles. The van der Waals surface area contributed by atoms with E-state index in [0.717, 1.165) is 19.3 Å². The molecule has 4 nitrogen and oxygen atoms in total. The second-order valence-corrected chi connectivity index (χ2v) is 5.92. The third-order valence-corrected chi connectivity index (χ3v) is 3.30. The molecular weight excluding hydrogens is 216 g/mol. The minimum atomic E-state index is -0.273. The second kappa shape index (κ2) is 5.83. The predicted octanol–water partition coefficient (Wildman–Crippen LogP) is 1.53. The lowest BCUT2D eigenvalue weighted by Crippen LogP contribution is -2.51. The van der Waals surface area contributed by atoms with Gasteiger partial charge >= 0.3 is 0 Å². The number of carbonyl (C=O) groups is 1. The molecule has 100 valence electrons. The average molecular weight is 242 g/mol. The van der Waals surface area contributed by atoms with Crippen molar-refractivity contribution in [3.05, 3.63) is 0 Å². The van der Waals surface area contributed by atoms with E-state index in [-0.39, 0.29) is 30.2 Å². The lowest BCUT2D eigenvalue weighted by atomic mass is 9.90. The van der Waals surface area contributed by atoms with Crippen LogP contribution < -0.4 is 5.73 Å². The van der Waals surface area contributed by atoms with E-state index in [1.807, 2.05) is 27.8 Å². The van der Waals surface area contributed by atoms with Gasteiger partial charge in [-0.15, -0.1) is 0 Å². The molecule has 2 unspecified atom stereocenters. The predicted molar refractivity (Wildman–Crippen MR) is 68.7 cm³/mol. The SMILES string of the molecule is CN(C(=O)COC(C)(C)C)C1CCCCC1N. The highest BCUT2D eigenvalue weighted by molar-refractivity contribution is 5.77. The molecule has 1 aliphatic rings. The molecule has 1 rings (SSSR count). The lowest BCUT2D eigenvalue weighted by molar-refractivity contribution is -0.142.